The molecule has 0 aromatic heterocycles. The van der Waals surface area contributed by atoms with Crippen LogP contribution in [0.25, 0.3) is 6.08 Å². The molecule has 0 spiro atoms. The Balaban J connectivity index is 2.07. The van der Waals surface area contributed by atoms with Gasteiger partial charge in [-0.05, 0) is 68.1 Å². The van der Waals surface area contributed by atoms with Crippen LogP contribution in [0, 0.1) is 11.6 Å². The van der Waals surface area contributed by atoms with Gasteiger partial charge in [-0.15, -0.1) is 0 Å². The van der Waals surface area contributed by atoms with E-state index in [1.807, 2.05) is 6.92 Å². The molecule has 2 aromatic rings. The van der Waals surface area contributed by atoms with Gasteiger partial charge in [0.25, 0.3) is 0 Å². The lowest BCUT2D eigenvalue weighted by molar-refractivity contribution is -0.0184. The standard InChI is InChI=1S/C25H30F3NO4/c1-15-8-17-11-21(30)22(31)12-18(17)24(29(15)13-25(2,3)28)23-19(26)9-16(10-20(23)27)6-5-7-33-14-32-4/h5-6,9-12,15,24,30-31H,7-8,13-14H2,1-4H3/b6-5+. The summed E-state index contributed by atoms with van der Waals surface area (Å²) in [5.74, 6) is -2.28. The highest BCUT2D eigenvalue weighted by molar-refractivity contribution is 5.54. The van der Waals surface area contributed by atoms with Crippen LogP contribution in [0.1, 0.15) is 49.1 Å². The molecule has 0 saturated heterocycles. The van der Waals surface area contributed by atoms with E-state index in [1.54, 1.807) is 11.0 Å². The number of methoxy groups -OCH3 is 1. The molecule has 2 atom stereocenters. The number of hydrogen-bond acceptors (Lipinski definition) is 5. The Labute approximate surface area is 192 Å². The summed E-state index contributed by atoms with van der Waals surface area (Å²) < 4.78 is 55.4. The number of ether oxygens (including phenoxy) is 2. The number of alkyl halides is 1. The van der Waals surface area contributed by atoms with Crippen molar-refractivity contribution in [2.75, 3.05) is 27.1 Å². The number of nitrogens with zero attached hydrogens (tertiary/aromatic N) is 1. The van der Waals surface area contributed by atoms with Crippen LogP contribution in [-0.2, 0) is 15.9 Å². The Morgan fingerprint density at radius 1 is 1.12 bits per heavy atom. The molecule has 33 heavy (non-hydrogen) atoms. The van der Waals surface area contributed by atoms with Crippen molar-refractivity contribution in [1.29, 1.82) is 0 Å². The first-order valence-electron chi connectivity index (χ1n) is 10.7. The Bertz CT molecular complexity index is 996. The summed E-state index contributed by atoms with van der Waals surface area (Å²) in [6, 6.07) is 3.89. The lowest BCUT2D eigenvalue weighted by atomic mass is 9.83. The number of rotatable bonds is 8. The van der Waals surface area contributed by atoms with E-state index in [0.29, 0.717) is 23.1 Å². The molecule has 1 aliphatic rings. The van der Waals surface area contributed by atoms with Crippen molar-refractivity contribution in [2.45, 2.75) is 44.9 Å². The van der Waals surface area contributed by atoms with E-state index >= 15 is 8.78 Å². The van der Waals surface area contributed by atoms with Gasteiger partial charge in [-0.3, -0.25) is 4.90 Å². The fraction of sp³-hybridized carbons (Fsp3) is 0.440. The predicted octanol–water partition coefficient (Wildman–Crippen LogP) is 5.09. The number of phenols is 2. The highest BCUT2D eigenvalue weighted by Gasteiger charge is 2.39. The maximum absolute atomic E-state index is 15.4. The molecule has 3 rings (SSSR count). The maximum Gasteiger partial charge on any atom is 0.157 e. The van der Waals surface area contributed by atoms with Gasteiger partial charge in [-0.1, -0.05) is 12.2 Å². The van der Waals surface area contributed by atoms with Crippen molar-refractivity contribution in [3.63, 3.8) is 0 Å². The first-order chi connectivity index (χ1) is 15.5. The first-order valence-corrected chi connectivity index (χ1v) is 10.7. The molecule has 2 unspecified atom stereocenters. The van der Waals surface area contributed by atoms with Crippen LogP contribution in [-0.4, -0.2) is 53.9 Å². The van der Waals surface area contributed by atoms with Gasteiger partial charge in [0.15, 0.2) is 11.5 Å². The fourth-order valence-corrected chi connectivity index (χ4v) is 4.28. The Morgan fingerprint density at radius 2 is 1.76 bits per heavy atom. The van der Waals surface area contributed by atoms with Crippen molar-refractivity contribution >= 4 is 6.08 Å². The van der Waals surface area contributed by atoms with Gasteiger partial charge < -0.3 is 19.7 Å². The third-order valence-electron chi connectivity index (χ3n) is 5.60. The topological polar surface area (TPSA) is 62.2 Å². The van der Waals surface area contributed by atoms with Gasteiger partial charge in [0, 0.05) is 25.3 Å². The lowest BCUT2D eigenvalue weighted by Gasteiger charge is -2.44. The predicted molar refractivity (Wildman–Crippen MR) is 120 cm³/mol. The second kappa shape index (κ2) is 10.2. The average Bonchev–Trinajstić information content (AvgIpc) is 2.70. The molecule has 0 aliphatic carbocycles. The van der Waals surface area contributed by atoms with Crippen LogP contribution in [0.3, 0.4) is 0 Å². The molecule has 0 radical (unpaired) electrons. The number of fused-ring (bicyclic) bond motifs is 1. The fourth-order valence-electron chi connectivity index (χ4n) is 4.28. The van der Waals surface area contributed by atoms with Crippen molar-refractivity contribution in [3.05, 3.63) is 64.2 Å². The Morgan fingerprint density at radius 3 is 2.36 bits per heavy atom. The van der Waals surface area contributed by atoms with Gasteiger partial charge in [0.2, 0.25) is 0 Å². The molecule has 180 valence electrons. The number of benzene rings is 2. The van der Waals surface area contributed by atoms with E-state index in [9.17, 15) is 14.6 Å². The van der Waals surface area contributed by atoms with E-state index in [1.165, 1.54) is 51.3 Å². The second-order valence-electron chi connectivity index (χ2n) is 8.96. The molecule has 0 fully saturated rings. The van der Waals surface area contributed by atoms with Crippen LogP contribution in [0.4, 0.5) is 13.2 Å². The smallest absolute Gasteiger partial charge is 0.157 e. The monoisotopic (exact) mass is 465 g/mol. The van der Waals surface area contributed by atoms with Crippen molar-refractivity contribution < 1.29 is 32.9 Å². The number of aromatic hydroxyl groups is 2. The number of halogens is 3. The lowest BCUT2D eigenvalue weighted by Crippen LogP contribution is -2.48. The third-order valence-corrected chi connectivity index (χ3v) is 5.60. The maximum atomic E-state index is 15.4. The van der Waals surface area contributed by atoms with E-state index in [-0.39, 0.29) is 37.3 Å². The zero-order valence-corrected chi connectivity index (χ0v) is 19.2. The summed E-state index contributed by atoms with van der Waals surface area (Å²) >= 11 is 0. The third kappa shape index (κ3) is 5.88. The second-order valence-corrected chi connectivity index (χ2v) is 8.96. The van der Waals surface area contributed by atoms with E-state index in [0.717, 1.165) is 0 Å². The summed E-state index contributed by atoms with van der Waals surface area (Å²) in [5.41, 5.74) is -0.467. The van der Waals surface area contributed by atoms with Gasteiger partial charge in [-0.25, -0.2) is 13.2 Å². The van der Waals surface area contributed by atoms with Gasteiger partial charge in [0.05, 0.1) is 12.6 Å². The van der Waals surface area contributed by atoms with Gasteiger partial charge in [0.1, 0.15) is 24.1 Å². The van der Waals surface area contributed by atoms with Crippen LogP contribution in [0.2, 0.25) is 0 Å². The Hall–Kier alpha value is -2.55. The summed E-state index contributed by atoms with van der Waals surface area (Å²) in [5, 5.41) is 20.1. The summed E-state index contributed by atoms with van der Waals surface area (Å²) in [6.45, 7) is 4.92. The van der Waals surface area contributed by atoms with Crippen molar-refractivity contribution in [1.82, 2.24) is 4.90 Å². The minimum absolute atomic E-state index is 0.0721. The molecule has 0 amide bonds. The van der Waals surface area contributed by atoms with Gasteiger partial charge >= 0.3 is 0 Å². The van der Waals surface area contributed by atoms with Crippen LogP contribution < -0.4 is 0 Å². The zero-order chi connectivity index (χ0) is 24.3. The highest BCUT2D eigenvalue weighted by atomic mass is 19.1. The van der Waals surface area contributed by atoms with Crippen LogP contribution >= 0.6 is 0 Å². The first kappa shape index (κ1) is 25.1. The number of hydrogen-bond donors (Lipinski definition) is 2. The molecule has 5 nitrogen and oxygen atoms in total. The van der Waals surface area contributed by atoms with E-state index in [2.05, 4.69) is 0 Å². The van der Waals surface area contributed by atoms with E-state index < -0.39 is 29.1 Å². The molecule has 2 N–H and O–H groups in total. The molecule has 8 heteroatoms. The highest BCUT2D eigenvalue weighted by Crippen LogP contribution is 2.44. The van der Waals surface area contributed by atoms with E-state index in [4.69, 9.17) is 9.47 Å². The molecule has 1 aliphatic heterocycles. The van der Waals surface area contributed by atoms with Gasteiger partial charge in [-0.2, -0.15) is 0 Å². The molecular formula is C25H30F3NO4. The Kier molecular flexibility index (Phi) is 7.72. The molecule has 0 saturated carbocycles. The normalized spacial score (nSPS) is 19.2. The summed E-state index contributed by atoms with van der Waals surface area (Å²) in [7, 11) is 1.49. The molecule has 2 aromatic carbocycles. The minimum atomic E-state index is -1.62. The molecule has 0 bridgehead atoms. The minimum Gasteiger partial charge on any atom is -0.504 e. The van der Waals surface area contributed by atoms with Crippen LogP contribution in [0.5, 0.6) is 11.5 Å². The molecule has 1 heterocycles. The largest absolute Gasteiger partial charge is 0.504 e. The zero-order valence-electron chi connectivity index (χ0n) is 19.2. The SMILES string of the molecule is COCOC/C=C/c1cc(F)c(C2c3cc(O)c(O)cc3CC(C)N2CC(C)(C)F)c(F)c1. The summed E-state index contributed by atoms with van der Waals surface area (Å²) in [4.78, 5) is 1.70. The number of phenolic OH excluding ortho intramolecular Hbond substituents is 2. The average molecular weight is 466 g/mol. The van der Waals surface area contributed by atoms with Crippen molar-refractivity contribution in [3.8, 4) is 11.5 Å². The quantitative estimate of drug-likeness (QED) is 0.323. The van der Waals surface area contributed by atoms with Crippen molar-refractivity contribution in [2.24, 2.45) is 0 Å². The summed E-state index contributed by atoms with van der Waals surface area (Å²) in [6.07, 6.45) is 3.58. The molecular weight excluding hydrogens is 435 g/mol. The van der Waals surface area contributed by atoms with Crippen LogP contribution in [0.15, 0.2) is 30.3 Å².